The second-order valence-electron chi connectivity index (χ2n) is 12.7. The molecule has 0 radical (unpaired) electrons. The van der Waals surface area contributed by atoms with Crippen LogP contribution in [-0.2, 0) is 12.8 Å². The lowest BCUT2D eigenvalue weighted by molar-refractivity contribution is 0.0147. The number of aromatic hydroxyl groups is 7. The van der Waals surface area contributed by atoms with E-state index in [2.05, 4.69) is 0 Å². The first-order valence-corrected chi connectivity index (χ1v) is 15.8. The lowest BCUT2D eigenvalue weighted by Crippen LogP contribution is -2.33. The quantitative estimate of drug-likeness (QED) is 0.128. The lowest BCUT2D eigenvalue weighted by atomic mass is 9.80. The minimum atomic E-state index is -1.13. The first kappa shape index (κ1) is 31.4. The molecular weight excluding hydrogens is 624 g/mol. The molecule has 4 aromatic carbocycles. The number of ether oxygens (including phenoxy) is 3. The molecule has 12 heteroatoms. The summed E-state index contributed by atoms with van der Waals surface area (Å²) >= 11 is 0. The summed E-state index contributed by atoms with van der Waals surface area (Å²) in [7, 11) is 0. The van der Waals surface area contributed by atoms with Crippen molar-refractivity contribution in [2.45, 2.75) is 75.5 Å². The number of phenolic OH excluding ortho intramolecular Hbond substituents is 7. The van der Waals surface area contributed by atoms with Crippen molar-refractivity contribution in [2.24, 2.45) is 0 Å². The monoisotopic (exact) mass is 660 g/mol. The molecule has 12 nitrogen and oxygen atoms in total. The van der Waals surface area contributed by atoms with Crippen molar-refractivity contribution in [1.29, 1.82) is 0 Å². The summed E-state index contributed by atoms with van der Waals surface area (Å²) in [6.07, 6.45) is -3.19. The third-order valence-electron chi connectivity index (χ3n) is 9.54. The number of hydrogen-bond acceptors (Lipinski definition) is 12. The lowest BCUT2D eigenvalue weighted by Gasteiger charge is -2.40. The average Bonchev–Trinajstić information content (AvgIpc) is 3.04. The summed E-state index contributed by atoms with van der Waals surface area (Å²) in [5, 5.41) is 95.0. The summed E-state index contributed by atoms with van der Waals surface area (Å²) in [5.41, 5.74) is 2.39. The summed E-state index contributed by atoms with van der Waals surface area (Å²) in [6.45, 7) is 2.02. The molecule has 0 amide bonds. The van der Waals surface area contributed by atoms with Crippen LogP contribution in [0.2, 0.25) is 0 Å². The van der Waals surface area contributed by atoms with Crippen LogP contribution in [0.5, 0.6) is 57.5 Å². The Kier molecular flexibility index (Phi) is 7.72. The molecule has 0 spiro atoms. The van der Waals surface area contributed by atoms with Gasteiger partial charge in [-0.2, -0.15) is 0 Å². The van der Waals surface area contributed by atoms with E-state index in [0.29, 0.717) is 46.6 Å². The number of fused-ring (bicyclic) bond motifs is 4. The van der Waals surface area contributed by atoms with Crippen LogP contribution in [0.4, 0.5) is 0 Å². The molecule has 0 bridgehead atoms. The summed E-state index contributed by atoms with van der Waals surface area (Å²) in [6, 6.07) is 10.9. The number of hydrogen-bond donors (Lipinski definition) is 9. The van der Waals surface area contributed by atoms with Crippen LogP contribution in [0, 0.1) is 0 Å². The molecule has 3 aliphatic heterocycles. The van der Waals surface area contributed by atoms with Gasteiger partial charge in [-0.1, -0.05) is 25.5 Å². The van der Waals surface area contributed by atoms with Crippen LogP contribution in [-0.4, -0.2) is 58.2 Å². The van der Waals surface area contributed by atoms with Crippen LogP contribution in [0.3, 0.4) is 0 Å². The van der Waals surface area contributed by atoms with Gasteiger partial charge in [-0.3, -0.25) is 0 Å². The zero-order chi connectivity index (χ0) is 34.0. The minimum absolute atomic E-state index is 0.0406. The van der Waals surface area contributed by atoms with Crippen LogP contribution in [0.25, 0.3) is 0 Å². The maximum absolute atomic E-state index is 11.2. The highest BCUT2D eigenvalue weighted by Gasteiger charge is 2.43. The van der Waals surface area contributed by atoms with Gasteiger partial charge in [-0.25, -0.2) is 0 Å². The highest BCUT2D eigenvalue weighted by atomic mass is 16.5. The second kappa shape index (κ2) is 11.8. The standard InChI is InChI=1S/C36H36O12/c1-2-3-15-10-29(32-26(43)13-22(39)18-11-27(44)34(48-36(18)32)17-5-7-21(38)25(42)9-17)46-30-14-23(40)19-12-28(45)33(47-35(19)31(15)30)16-4-6-20(37)24(41)8-16/h4-9,13-15,27-29,33-34,37-45H,2-3,10-12H2,1H3/t15?,27-,28-,29?,33+,34+/m0/s1. The maximum Gasteiger partial charge on any atom is 0.157 e. The number of aliphatic hydroxyl groups excluding tert-OH is 2. The van der Waals surface area contributed by atoms with E-state index in [9.17, 15) is 46.0 Å². The minimum Gasteiger partial charge on any atom is -0.507 e. The SMILES string of the molecule is CCCC1CC(c2c(O)cc(O)c3c2O[C@H](c2ccc(O)c(O)c2)[C@@H](O)C3)Oc2cc(O)c3c(c21)O[C@H](c1ccc(O)c(O)c1)[C@@H](O)C3. The van der Waals surface area contributed by atoms with Gasteiger partial charge in [-0.05, 0) is 54.2 Å². The largest absolute Gasteiger partial charge is 0.507 e. The predicted molar refractivity (Wildman–Crippen MR) is 169 cm³/mol. The van der Waals surface area contributed by atoms with Crippen LogP contribution in [0.15, 0.2) is 48.5 Å². The molecule has 3 heterocycles. The van der Waals surface area contributed by atoms with Crippen molar-refractivity contribution in [2.75, 3.05) is 0 Å². The number of benzene rings is 4. The number of aliphatic hydroxyl groups is 2. The van der Waals surface area contributed by atoms with Gasteiger partial charge in [0, 0.05) is 41.7 Å². The van der Waals surface area contributed by atoms with Crippen molar-refractivity contribution < 1.29 is 60.2 Å². The Morgan fingerprint density at radius 1 is 0.583 bits per heavy atom. The zero-order valence-corrected chi connectivity index (χ0v) is 25.9. The van der Waals surface area contributed by atoms with Crippen LogP contribution in [0.1, 0.15) is 83.8 Å². The third-order valence-corrected chi connectivity index (χ3v) is 9.54. The highest BCUT2D eigenvalue weighted by molar-refractivity contribution is 5.63. The molecule has 48 heavy (non-hydrogen) atoms. The van der Waals surface area contributed by atoms with Crippen molar-refractivity contribution >= 4 is 0 Å². The highest BCUT2D eigenvalue weighted by Crippen LogP contribution is 2.57. The normalized spacial score (nSPS) is 24.3. The van der Waals surface area contributed by atoms with Crippen LogP contribution >= 0.6 is 0 Å². The van der Waals surface area contributed by atoms with E-state index in [-0.39, 0.29) is 70.1 Å². The second-order valence-corrected chi connectivity index (χ2v) is 12.7. The smallest absolute Gasteiger partial charge is 0.157 e. The fourth-order valence-corrected chi connectivity index (χ4v) is 7.25. The molecule has 0 aromatic heterocycles. The topological polar surface area (TPSA) is 210 Å². The fourth-order valence-electron chi connectivity index (χ4n) is 7.25. The first-order chi connectivity index (χ1) is 22.9. The molecule has 2 unspecified atom stereocenters. The predicted octanol–water partition coefficient (Wildman–Crippen LogP) is 5.11. The third kappa shape index (κ3) is 5.17. The van der Waals surface area contributed by atoms with Gasteiger partial charge in [-0.15, -0.1) is 0 Å². The van der Waals surface area contributed by atoms with E-state index >= 15 is 0 Å². The number of rotatable bonds is 5. The van der Waals surface area contributed by atoms with Gasteiger partial charge in [0.15, 0.2) is 23.0 Å². The van der Waals surface area contributed by atoms with E-state index < -0.39 is 36.3 Å². The Morgan fingerprint density at radius 2 is 1.10 bits per heavy atom. The Balaban J connectivity index is 1.30. The summed E-state index contributed by atoms with van der Waals surface area (Å²) < 4.78 is 19.2. The van der Waals surface area contributed by atoms with Crippen molar-refractivity contribution in [3.63, 3.8) is 0 Å². The molecular formula is C36H36O12. The van der Waals surface area contributed by atoms with E-state index in [0.717, 1.165) is 6.42 Å². The Labute approximate surface area is 274 Å². The van der Waals surface area contributed by atoms with E-state index in [1.807, 2.05) is 6.92 Å². The summed E-state index contributed by atoms with van der Waals surface area (Å²) in [4.78, 5) is 0. The zero-order valence-electron chi connectivity index (χ0n) is 25.9. The Bertz CT molecular complexity index is 1910. The van der Waals surface area contributed by atoms with Gasteiger partial charge >= 0.3 is 0 Å². The molecule has 252 valence electrons. The average molecular weight is 661 g/mol. The van der Waals surface area contributed by atoms with Crippen molar-refractivity contribution in [1.82, 2.24) is 0 Å². The van der Waals surface area contributed by atoms with E-state index in [1.165, 1.54) is 42.5 Å². The molecule has 6 atom stereocenters. The molecule has 4 aromatic rings. The fraction of sp³-hybridized carbons (Fsp3) is 0.333. The molecule has 0 saturated heterocycles. The van der Waals surface area contributed by atoms with Gasteiger partial charge in [0.2, 0.25) is 0 Å². The molecule has 9 N–H and O–H groups in total. The van der Waals surface area contributed by atoms with Crippen LogP contribution < -0.4 is 14.2 Å². The molecule has 7 rings (SSSR count). The van der Waals surface area contributed by atoms with Gasteiger partial charge in [0.05, 0.1) is 17.8 Å². The molecule has 0 aliphatic carbocycles. The van der Waals surface area contributed by atoms with E-state index in [1.54, 1.807) is 6.07 Å². The Hall–Kier alpha value is -5.20. The summed E-state index contributed by atoms with van der Waals surface area (Å²) in [5.74, 6) is -1.60. The van der Waals surface area contributed by atoms with E-state index in [4.69, 9.17) is 14.2 Å². The first-order valence-electron chi connectivity index (χ1n) is 15.8. The van der Waals surface area contributed by atoms with Crippen molar-refractivity contribution in [3.05, 3.63) is 81.9 Å². The Morgan fingerprint density at radius 3 is 1.62 bits per heavy atom. The molecule has 0 fully saturated rings. The van der Waals surface area contributed by atoms with Gasteiger partial charge in [0.25, 0.3) is 0 Å². The molecule has 3 aliphatic rings. The maximum atomic E-state index is 11.2. The molecule has 0 saturated carbocycles. The van der Waals surface area contributed by atoms with Gasteiger partial charge < -0.3 is 60.2 Å². The van der Waals surface area contributed by atoms with Gasteiger partial charge in [0.1, 0.15) is 52.8 Å². The number of phenols is 7. The van der Waals surface area contributed by atoms with Crippen molar-refractivity contribution in [3.8, 4) is 57.5 Å².